The summed E-state index contributed by atoms with van der Waals surface area (Å²) in [5.41, 5.74) is 3.00. The second-order valence-corrected chi connectivity index (χ2v) is 10.6. The van der Waals surface area contributed by atoms with Crippen LogP contribution in [0.4, 0.5) is 0 Å². The number of pyridine rings is 1. The molecule has 0 bridgehead atoms. The number of para-hydroxylation sites is 1. The van der Waals surface area contributed by atoms with Gasteiger partial charge >= 0.3 is 19.8 Å². The Balaban J connectivity index is 0.00000241. The number of hydrogen-bond acceptors (Lipinski definition) is 1. The number of hydrogen-bond donors (Lipinski definition) is 0. The van der Waals surface area contributed by atoms with Crippen molar-refractivity contribution < 1.29 is 19.8 Å². The molecule has 0 aliphatic rings. The van der Waals surface area contributed by atoms with Gasteiger partial charge in [-0.15, -0.1) is 18.2 Å². The zero-order valence-electron chi connectivity index (χ0n) is 18.4. The van der Waals surface area contributed by atoms with Crippen LogP contribution in [0.5, 0.6) is 0 Å². The molecule has 6 aromatic rings. The van der Waals surface area contributed by atoms with Crippen LogP contribution in [-0.2, 0) is 19.8 Å². The molecule has 0 fully saturated rings. The second kappa shape index (κ2) is 9.99. The van der Waals surface area contributed by atoms with Gasteiger partial charge in [-0.25, -0.2) is 0 Å². The maximum Gasteiger partial charge on any atom is 1.00 e. The number of rotatable bonds is 4. The predicted octanol–water partition coefficient (Wildman–Crippen LogP) is 6.34. The molecule has 0 unspecified atom stereocenters. The zero-order valence-corrected chi connectivity index (χ0v) is 22.0. The summed E-state index contributed by atoms with van der Waals surface area (Å²) >= 11 is 0. The Labute approximate surface area is 214 Å². The summed E-state index contributed by atoms with van der Waals surface area (Å²) in [4.78, 5) is 4.92. The smallest absolute Gasteiger partial charge is 0.287 e. The standard InChI is InChI=1S/C31H21NP.Os/c1-3-12-26(13-4-1)33(27-14-5-2-6-15-27)31-17-9-11-23-18-19-25(22-28(23)31)30-21-20-24-10-7-8-16-29(24)32-30;/h1-21H;/q-1;+1/p+1. The summed E-state index contributed by atoms with van der Waals surface area (Å²) in [7, 11) is -1.19. The van der Waals surface area contributed by atoms with Gasteiger partial charge < -0.3 is 0 Å². The third-order valence-corrected chi connectivity index (χ3v) is 8.83. The molecule has 0 amide bonds. The quantitative estimate of drug-likeness (QED) is 0.164. The molecule has 34 heavy (non-hydrogen) atoms. The van der Waals surface area contributed by atoms with Crippen LogP contribution in [-0.4, -0.2) is 4.98 Å². The normalized spacial score (nSPS) is 11.0. The van der Waals surface area contributed by atoms with Crippen molar-refractivity contribution in [3.8, 4) is 11.3 Å². The van der Waals surface area contributed by atoms with E-state index in [9.17, 15) is 0 Å². The molecule has 5 aromatic carbocycles. The van der Waals surface area contributed by atoms with Crippen molar-refractivity contribution >= 4 is 45.5 Å². The van der Waals surface area contributed by atoms with E-state index in [1.807, 2.05) is 6.07 Å². The monoisotopic (exact) mass is 631 g/mol. The summed E-state index contributed by atoms with van der Waals surface area (Å²) in [6, 6.07) is 49.0. The SMILES string of the molecule is [Os+].[c-]1c(-c2ccc3ccccc3n2)ccc2cccc([PH+](c3ccccc3)c3ccccc3)c12. The van der Waals surface area contributed by atoms with Gasteiger partial charge in [0.1, 0.15) is 0 Å². The predicted molar refractivity (Wildman–Crippen MR) is 144 cm³/mol. The number of nitrogens with zero attached hydrogens (tertiary/aromatic N) is 1. The number of benzene rings is 5. The van der Waals surface area contributed by atoms with E-state index in [0.717, 1.165) is 22.2 Å². The molecular formula is C31H22NOsP+. The Kier molecular flexibility index (Phi) is 6.65. The molecule has 1 heterocycles. The maximum absolute atomic E-state index is 4.92. The molecule has 6 rings (SSSR count). The molecule has 0 aliphatic carbocycles. The van der Waals surface area contributed by atoms with Crippen LogP contribution in [0.3, 0.4) is 0 Å². The van der Waals surface area contributed by atoms with Crippen molar-refractivity contribution in [3.63, 3.8) is 0 Å². The molecule has 0 saturated carbocycles. The van der Waals surface area contributed by atoms with Crippen molar-refractivity contribution in [2.75, 3.05) is 0 Å². The Hall–Kier alpha value is -3.16. The minimum absolute atomic E-state index is 0. The molecular weight excluding hydrogens is 608 g/mol. The first-order valence-electron chi connectivity index (χ1n) is 11.2. The molecule has 0 saturated heterocycles. The van der Waals surface area contributed by atoms with E-state index in [-0.39, 0.29) is 19.8 Å². The van der Waals surface area contributed by atoms with Gasteiger partial charge in [-0.2, -0.15) is 0 Å². The van der Waals surface area contributed by atoms with E-state index in [0.29, 0.717) is 0 Å². The average molecular weight is 630 g/mol. The van der Waals surface area contributed by atoms with Crippen molar-refractivity contribution in [1.82, 2.24) is 4.98 Å². The van der Waals surface area contributed by atoms with Gasteiger partial charge in [0, 0.05) is 11.0 Å². The second-order valence-electron chi connectivity index (χ2n) is 8.14. The van der Waals surface area contributed by atoms with Gasteiger partial charge in [-0.3, -0.25) is 4.98 Å². The van der Waals surface area contributed by atoms with E-state index in [1.165, 1.54) is 26.7 Å². The zero-order chi connectivity index (χ0) is 22.0. The molecule has 0 spiro atoms. The van der Waals surface area contributed by atoms with E-state index >= 15 is 0 Å². The fourth-order valence-electron chi connectivity index (χ4n) is 4.46. The summed E-state index contributed by atoms with van der Waals surface area (Å²) in [6.45, 7) is 0. The van der Waals surface area contributed by atoms with Gasteiger partial charge in [0.25, 0.3) is 0 Å². The molecule has 3 heteroatoms. The third-order valence-electron chi connectivity index (χ3n) is 6.05. The first-order chi connectivity index (χ1) is 16.4. The van der Waals surface area contributed by atoms with Gasteiger partial charge in [-0.05, 0) is 35.7 Å². The Bertz CT molecular complexity index is 1530. The molecule has 0 atom stereocenters. The van der Waals surface area contributed by atoms with Gasteiger partial charge in [0.2, 0.25) is 0 Å². The minimum Gasteiger partial charge on any atom is -0.287 e. The fraction of sp³-hybridized carbons (Fsp3) is 0. The molecule has 1 radical (unpaired) electrons. The summed E-state index contributed by atoms with van der Waals surface area (Å²) in [5.74, 6) is 0. The number of fused-ring (bicyclic) bond motifs is 2. The summed E-state index contributed by atoms with van der Waals surface area (Å²) in [6.07, 6.45) is 0. The molecule has 0 aliphatic heterocycles. The first kappa shape index (κ1) is 22.6. The Morgan fingerprint density at radius 2 is 1.15 bits per heavy atom. The van der Waals surface area contributed by atoms with Gasteiger partial charge in [0.05, 0.1) is 24.0 Å². The maximum atomic E-state index is 4.92. The molecule has 1 aromatic heterocycles. The molecule has 163 valence electrons. The number of aromatic nitrogens is 1. The van der Waals surface area contributed by atoms with Crippen molar-refractivity contribution in [1.29, 1.82) is 0 Å². The Morgan fingerprint density at radius 1 is 0.529 bits per heavy atom. The van der Waals surface area contributed by atoms with Crippen molar-refractivity contribution in [2.24, 2.45) is 0 Å². The van der Waals surface area contributed by atoms with Gasteiger partial charge in [-0.1, -0.05) is 101 Å². The van der Waals surface area contributed by atoms with Crippen LogP contribution >= 0.6 is 7.92 Å². The summed E-state index contributed by atoms with van der Waals surface area (Å²) < 4.78 is 0. The van der Waals surface area contributed by atoms with E-state index in [1.54, 1.807) is 0 Å². The summed E-state index contributed by atoms with van der Waals surface area (Å²) in [5, 5.41) is 7.67. The van der Waals surface area contributed by atoms with Crippen molar-refractivity contribution in [3.05, 3.63) is 133 Å². The van der Waals surface area contributed by atoms with Crippen LogP contribution in [0.25, 0.3) is 32.9 Å². The van der Waals surface area contributed by atoms with E-state index in [2.05, 4.69) is 127 Å². The van der Waals surface area contributed by atoms with Crippen LogP contribution < -0.4 is 15.9 Å². The van der Waals surface area contributed by atoms with E-state index < -0.39 is 7.92 Å². The third kappa shape index (κ3) is 4.33. The molecule has 1 nitrogen and oxygen atoms in total. The van der Waals surface area contributed by atoms with E-state index in [4.69, 9.17) is 4.98 Å². The first-order valence-corrected chi connectivity index (χ1v) is 12.7. The van der Waals surface area contributed by atoms with Crippen LogP contribution in [0, 0.1) is 6.07 Å². The van der Waals surface area contributed by atoms with Crippen LogP contribution in [0.15, 0.2) is 127 Å². The van der Waals surface area contributed by atoms with Gasteiger partial charge in [0.15, 0.2) is 0 Å². The average Bonchev–Trinajstić information content (AvgIpc) is 2.90. The Morgan fingerprint density at radius 3 is 1.88 bits per heavy atom. The minimum atomic E-state index is -1.19. The van der Waals surface area contributed by atoms with Crippen LogP contribution in [0.1, 0.15) is 0 Å². The topological polar surface area (TPSA) is 12.9 Å². The van der Waals surface area contributed by atoms with Crippen LogP contribution in [0.2, 0.25) is 0 Å². The fourth-order valence-corrected chi connectivity index (χ4v) is 7.19. The largest absolute Gasteiger partial charge is 1.00 e. The van der Waals surface area contributed by atoms with Crippen molar-refractivity contribution in [2.45, 2.75) is 0 Å². The molecule has 0 N–H and O–H groups in total.